The molecule has 0 saturated heterocycles. The largest absolute Gasteiger partial charge is 0.334 e. The molecule has 0 unspecified atom stereocenters. The lowest BCUT2D eigenvalue weighted by Gasteiger charge is -1.88. The van der Waals surface area contributed by atoms with Crippen molar-refractivity contribution in [2.24, 2.45) is 5.14 Å². The Morgan fingerprint density at radius 2 is 2.24 bits per heavy atom. The molecule has 1 fully saturated rings. The summed E-state index contributed by atoms with van der Waals surface area (Å²) in [6.45, 7) is 0. The summed E-state index contributed by atoms with van der Waals surface area (Å²) in [4.78, 5) is 4.23. The van der Waals surface area contributed by atoms with Crippen molar-refractivity contribution in [3.8, 4) is 11.5 Å². The third-order valence-corrected chi connectivity index (χ3v) is 4.87. The molecule has 2 N–H and O–H groups in total. The van der Waals surface area contributed by atoms with Crippen LogP contribution in [0.4, 0.5) is 0 Å². The molecule has 2 heterocycles. The van der Waals surface area contributed by atoms with E-state index in [1.54, 1.807) is 5.38 Å². The van der Waals surface area contributed by atoms with Crippen LogP contribution in [0.5, 0.6) is 0 Å². The fraction of sp³-hybridized carbons (Fsp3) is 0.333. The second-order valence-corrected chi connectivity index (χ2v) is 6.63. The van der Waals surface area contributed by atoms with Gasteiger partial charge in [-0.05, 0) is 18.9 Å². The Kier molecular flexibility index (Phi) is 2.32. The van der Waals surface area contributed by atoms with Gasteiger partial charge in [-0.15, -0.1) is 11.3 Å². The van der Waals surface area contributed by atoms with Gasteiger partial charge in [0, 0.05) is 11.3 Å². The van der Waals surface area contributed by atoms with Crippen LogP contribution >= 0.6 is 11.3 Å². The van der Waals surface area contributed by atoms with Crippen LogP contribution in [0.2, 0.25) is 0 Å². The van der Waals surface area contributed by atoms with Crippen LogP contribution in [0.25, 0.3) is 11.5 Å². The van der Waals surface area contributed by atoms with Gasteiger partial charge in [0.25, 0.3) is 5.89 Å². The van der Waals surface area contributed by atoms with Gasteiger partial charge in [0.15, 0.2) is 5.82 Å². The maximum absolute atomic E-state index is 11.1. The summed E-state index contributed by atoms with van der Waals surface area (Å²) in [5.74, 6) is 1.45. The minimum Gasteiger partial charge on any atom is -0.334 e. The van der Waals surface area contributed by atoms with Gasteiger partial charge >= 0.3 is 0 Å². The highest BCUT2D eigenvalue weighted by molar-refractivity contribution is 7.91. The first-order valence-electron chi connectivity index (χ1n) is 4.99. The third-order valence-electron chi connectivity index (χ3n) is 2.49. The number of hydrogen-bond acceptors (Lipinski definition) is 6. The SMILES string of the molecule is NS(=O)(=O)c1cc(-c2nc(C3CC3)no2)cs1. The second kappa shape index (κ2) is 3.62. The Balaban J connectivity index is 1.95. The van der Waals surface area contributed by atoms with Crippen LogP contribution in [0.1, 0.15) is 24.6 Å². The van der Waals surface area contributed by atoms with Gasteiger partial charge < -0.3 is 4.52 Å². The standard InChI is InChI=1S/C9H9N3O3S2/c10-17(13,14)7-3-6(4-16-7)9-11-8(12-15-9)5-1-2-5/h3-5H,1-2H2,(H2,10,13,14). The van der Waals surface area contributed by atoms with E-state index < -0.39 is 10.0 Å². The van der Waals surface area contributed by atoms with E-state index in [4.69, 9.17) is 9.66 Å². The Labute approximate surface area is 102 Å². The molecule has 0 bridgehead atoms. The summed E-state index contributed by atoms with van der Waals surface area (Å²) in [6.07, 6.45) is 2.18. The molecule has 90 valence electrons. The average molecular weight is 271 g/mol. The molecule has 17 heavy (non-hydrogen) atoms. The lowest BCUT2D eigenvalue weighted by molar-refractivity contribution is 0.423. The van der Waals surface area contributed by atoms with E-state index in [0.29, 0.717) is 23.2 Å². The average Bonchev–Trinajstić information content (AvgIpc) is 2.82. The molecule has 1 saturated carbocycles. The Morgan fingerprint density at radius 3 is 2.82 bits per heavy atom. The van der Waals surface area contributed by atoms with E-state index in [1.165, 1.54) is 6.07 Å². The van der Waals surface area contributed by atoms with Gasteiger partial charge in [-0.3, -0.25) is 0 Å². The lowest BCUT2D eigenvalue weighted by atomic mass is 10.3. The summed E-state index contributed by atoms with van der Waals surface area (Å²) in [5.41, 5.74) is 0.596. The minimum atomic E-state index is -3.66. The van der Waals surface area contributed by atoms with E-state index in [2.05, 4.69) is 10.1 Å². The van der Waals surface area contributed by atoms with Crippen molar-refractivity contribution < 1.29 is 12.9 Å². The van der Waals surface area contributed by atoms with Crippen molar-refractivity contribution in [1.29, 1.82) is 0 Å². The number of nitrogens with two attached hydrogens (primary N) is 1. The molecule has 2 aromatic heterocycles. The monoisotopic (exact) mass is 271 g/mol. The van der Waals surface area contributed by atoms with Gasteiger partial charge in [0.05, 0.1) is 5.56 Å². The van der Waals surface area contributed by atoms with E-state index in [0.717, 1.165) is 24.2 Å². The number of hydrogen-bond donors (Lipinski definition) is 1. The van der Waals surface area contributed by atoms with Crippen LogP contribution in [0.3, 0.4) is 0 Å². The van der Waals surface area contributed by atoms with Crippen molar-refractivity contribution in [3.05, 3.63) is 17.3 Å². The van der Waals surface area contributed by atoms with Crippen LogP contribution in [-0.4, -0.2) is 18.6 Å². The van der Waals surface area contributed by atoms with Crippen molar-refractivity contribution in [1.82, 2.24) is 10.1 Å². The maximum Gasteiger partial charge on any atom is 0.258 e. The molecule has 0 spiro atoms. The molecule has 0 aliphatic heterocycles. The highest BCUT2D eigenvalue weighted by Crippen LogP contribution is 2.39. The zero-order valence-corrected chi connectivity index (χ0v) is 10.3. The summed E-state index contributed by atoms with van der Waals surface area (Å²) in [7, 11) is -3.66. The second-order valence-electron chi connectivity index (χ2n) is 3.93. The topological polar surface area (TPSA) is 99.1 Å². The molecule has 6 nitrogen and oxygen atoms in total. The highest BCUT2D eigenvalue weighted by atomic mass is 32.2. The first kappa shape index (κ1) is 10.9. The molecule has 0 atom stereocenters. The number of sulfonamides is 1. The predicted octanol–water partition coefficient (Wildman–Crippen LogP) is 1.32. The summed E-state index contributed by atoms with van der Waals surface area (Å²) in [6, 6.07) is 1.45. The maximum atomic E-state index is 11.1. The first-order valence-corrected chi connectivity index (χ1v) is 7.42. The fourth-order valence-electron chi connectivity index (χ4n) is 1.44. The minimum absolute atomic E-state index is 0.0960. The van der Waals surface area contributed by atoms with Gasteiger partial charge in [0.2, 0.25) is 10.0 Å². The van der Waals surface area contributed by atoms with Gasteiger partial charge in [-0.25, -0.2) is 13.6 Å². The zero-order valence-electron chi connectivity index (χ0n) is 8.66. The van der Waals surface area contributed by atoms with Crippen LogP contribution in [-0.2, 0) is 10.0 Å². The molecule has 8 heteroatoms. The van der Waals surface area contributed by atoms with Crippen molar-refractivity contribution >= 4 is 21.4 Å². The van der Waals surface area contributed by atoms with Gasteiger partial charge in [0.1, 0.15) is 4.21 Å². The van der Waals surface area contributed by atoms with Gasteiger partial charge in [-0.1, -0.05) is 5.16 Å². The summed E-state index contributed by atoms with van der Waals surface area (Å²) >= 11 is 1.04. The van der Waals surface area contributed by atoms with E-state index in [9.17, 15) is 8.42 Å². The molecule has 0 amide bonds. The number of rotatable bonds is 3. The number of thiophene rings is 1. The van der Waals surface area contributed by atoms with Crippen molar-refractivity contribution in [2.75, 3.05) is 0 Å². The first-order chi connectivity index (χ1) is 8.04. The molecule has 1 aliphatic carbocycles. The van der Waals surface area contributed by atoms with E-state index in [-0.39, 0.29) is 4.21 Å². The molecule has 2 aromatic rings. The zero-order chi connectivity index (χ0) is 12.0. The molecular formula is C9H9N3O3S2. The number of aromatic nitrogens is 2. The normalized spacial score (nSPS) is 16.3. The van der Waals surface area contributed by atoms with E-state index in [1.807, 2.05) is 0 Å². The predicted molar refractivity (Wildman–Crippen MR) is 61.0 cm³/mol. The Morgan fingerprint density at radius 1 is 1.47 bits per heavy atom. The van der Waals surface area contributed by atoms with E-state index >= 15 is 0 Å². The number of primary sulfonamides is 1. The van der Waals surface area contributed by atoms with Crippen LogP contribution in [0.15, 0.2) is 20.2 Å². The molecule has 3 rings (SSSR count). The summed E-state index contributed by atoms with van der Waals surface area (Å²) < 4.78 is 27.4. The lowest BCUT2D eigenvalue weighted by Crippen LogP contribution is -2.09. The van der Waals surface area contributed by atoms with Crippen LogP contribution in [0, 0.1) is 0 Å². The van der Waals surface area contributed by atoms with Gasteiger partial charge in [-0.2, -0.15) is 4.98 Å². The van der Waals surface area contributed by atoms with Crippen molar-refractivity contribution in [2.45, 2.75) is 23.0 Å². The Bertz CT molecular complexity index is 655. The van der Waals surface area contributed by atoms with Crippen molar-refractivity contribution in [3.63, 3.8) is 0 Å². The molecular weight excluding hydrogens is 262 g/mol. The fourth-order valence-corrected chi connectivity index (χ4v) is 3.02. The number of nitrogens with zero attached hydrogens (tertiary/aromatic N) is 2. The molecule has 1 aliphatic rings. The summed E-state index contributed by atoms with van der Waals surface area (Å²) in [5, 5.41) is 10.5. The highest BCUT2D eigenvalue weighted by Gasteiger charge is 2.29. The molecule has 0 radical (unpaired) electrons. The quantitative estimate of drug-likeness (QED) is 0.907. The Hall–Kier alpha value is -1.25. The third kappa shape index (κ3) is 2.11. The van der Waals surface area contributed by atoms with Crippen LogP contribution < -0.4 is 5.14 Å². The molecule has 0 aromatic carbocycles. The smallest absolute Gasteiger partial charge is 0.258 e.